The van der Waals surface area contributed by atoms with Gasteiger partial charge in [-0.1, -0.05) is 50.3 Å². The smallest absolute Gasteiger partial charge is 0.209 e. The molecule has 2 saturated carbocycles. The summed E-state index contributed by atoms with van der Waals surface area (Å²) in [7, 11) is 2.10. The van der Waals surface area contributed by atoms with Crippen LogP contribution in [0.15, 0.2) is 5.16 Å². The third-order valence-electron chi connectivity index (χ3n) is 4.96. The molecule has 2 atom stereocenters. The van der Waals surface area contributed by atoms with Gasteiger partial charge in [-0.2, -0.15) is 0 Å². The number of tetrazole rings is 1. The fourth-order valence-electron chi connectivity index (χ4n) is 3.70. The first-order valence-corrected chi connectivity index (χ1v) is 9.38. The van der Waals surface area contributed by atoms with Gasteiger partial charge in [-0.05, 0) is 43.2 Å². The first-order valence-electron chi connectivity index (χ1n) is 8.50. The molecular formula is C15H27N5S. The number of nitrogens with zero attached hydrogens (tertiary/aromatic N) is 4. The maximum Gasteiger partial charge on any atom is 0.209 e. The summed E-state index contributed by atoms with van der Waals surface area (Å²) < 4.78 is 2.10. The Morgan fingerprint density at radius 3 is 2.48 bits per heavy atom. The van der Waals surface area contributed by atoms with Gasteiger partial charge in [0.25, 0.3) is 0 Å². The topological polar surface area (TPSA) is 55.6 Å². The van der Waals surface area contributed by atoms with Gasteiger partial charge in [-0.3, -0.25) is 0 Å². The Hall–Kier alpha value is -0.620. The molecule has 1 aromatic heterocycles. The van der Waals surface area contributed by atoms with Crippen LogP contribution in [0.3, 0.4) is 0 Å². The second-order valence-corrected chi connectivity index (χ2v) is 7.59. The minimum atomic E-state index is 0.532. The summed E-state index contributed by atoms with van der Waals surface area (Å²) in [6.07, 6.45) is 13.1. The molecule has 2 aliphatic rings. The van der Waals surface area contributed by atoms with E-state index in [1.54, 1.807) is 0 Å². The number of thioether (sulfide) groups is 1. The van der Waals surface area contributed by atoms with Crippen molar-refractivity contribution in [1.29, 1.82) is 0 Å². The quantitative estimate of drug-likeness (QED) is 0.925. The number of hydrogen-bond donors (Lipinski definition) is 1. The molecule has 0 radical (unpaired) electrons. The average molecular weight is 309 g/mol. The van der Waals surface area contributed by atoms with Crippen molar-refractivity contribution in [3.63, 3.8) is 0 Å². The summed E-state index contributed by atoms with van der Waals surface area (Å²) in [6.45, 7) is 0. The Balaban J connectivity index is 1.70. The summed E-state index contributed by atoms with van der Waals surface area (Å²) >= 11 is 1.90. The Labute approximate surface area is 131 Å². The lowest BCUT2D eigenvalue weighted by Crippen LogP contribution is -2.36. The summed E-state index contributed by atoms with van der Waals surface area (Å²) in [5.74, 6) is 0. The van der Waals surface area contributed by atoms with Gasteiger partial charge in [-0.15, -0.1) is 5.10 Å². The molecule has 0 saturated heterocycles. The van der Waals surface area contributed by atoms with Crippen molar-refractivity contribution < 1.29 is 0 Å². The Morgan fingerprint density at radius 2 is 1.71 bits per heavy atom. The molecule has 2 aliphatic carbocycles. The van der Waals surface area contributed by atoms with Crippen molar-refractivity contribution in [2.75, 3.05) is 7.05 Å². The maximum absolute atomic E-state index is 4.31. The minimum absolute atomic E-state index is 0.532. The molecule has 0 aliphatic heterocycles. The third kappa shape index (κ3) is 3.77. The van der Waals surface area contributed by atoms with E-state index in [-0.39, 0.29) is 0 Å². The zero-order chi connectivity index (χ0) is 14.5. The van der Waals surface area contributed by atoms with Crippen LogP contribution in [0.25, 0.3) is 0 Å². The lowest BCUT2D eigenvalue weighted by molar-refractivity contribution is 0.410. The van der Waals surface area contributed by atoms with E-state index in [9.17, 15) is 0 Å². The van der Waals surface area contributed by atoms with Crippen molar-refractivity contribution in [2.24, 2.45) is 0 Å². The molecule has 1 aromatic rings. The van der Waals surface area contributed by atoms with Crippen LogP contribution >= 0.6 is 11.8 Å². The van der Waals surface area contributed by atoms with Gasteiger partial charge in [-0.25, -0.2) is 4.68 Å². The van der Waals surface area contributed by atoms with E-state index in [1.165, 1.54) is 64.2 Å². The highest BCUT2D eigenvalue weighted by atomic mass is 32.2. The highest BCUT2D eigenvalue weighted by Gasteiger charge is 2.27. The van der Waals surface area contributed by atoms with Gasteiger partial charge in [0.15, 0.2) is 0 Å². The molecule has 0 spiro atoms. The fraction of sp³-hybridized carbons (Fsp3) is 0.933. The molecule has 3 rings (SSSR count). The van der Waals surface area contributed by atoms with E-state index in [0.717, 1.165) is 5.16 Å². The Bertz CT molecular complexity index is 429. The van der Waals surface area contributed by atoms with Crippen LogP contribution < -0.4 is 5.32 Å². The molecule has 6 heteroatoms. The summed E-state index contributed by atoms with van der Waals surface area (Å²) in [5.41, 5.74) is 0. The van der Waals surface area contributed by atoms with Crippen molar-refractivity contribution in [3.05, 3.63) is 0 Å². The highest BCUT2D eigenvalue weighted by Crippen LogP contribution is 2.35. The van der Waals surface area contributed by atoms with Crippen LogP contribution in [-0.2, 0) is 0 Å². The first-order chi connectivity index (χ1) is 10.4. The minimum Gasteiger partial charge on any atom is -0.316 e. The lowest BCUT2D eigenvalue weighted by atomic mass is 9.96. The number of aromatic nitrogens is 4. The van der Waals surface area contributed by atoms with Crippen molar-refractivity contribution in [3.8, 4) is 0 Å². The van der Waals surface area contributed by atoms with E-state index in [4.69, 9.17) is 0 Å². The van der Waals surface area contributed by atoms with Crippen LogP contribution in [-0.4, -0.2) is 38.5 Å². The van der Waals surface area contributed by atoms with Gasteiger partial charge in [0, 0.05) is 11.3 Å². The molecule has 21 heavy (non-hydrogen) atoms. The monoisotopic (exact) mass is 309 g/mol. The van der Waals surface area contributed by atoms with Crippen LogP contribution in [0.5, 0.6) is 0 Å². The molecule has 2 unspecified atom stereocenters. The molecule has 5 nitrogen and oxygen atoms in total. The molecule has 1 N–H and O–H groups in total. The van der Waals surface area contributed by atoms with E-state index in [2.05, 4.69) is 32.6 Å². The van der Waals surface area contributed by atoms with Crippen molar-refractivity contribution in [2.45, 2.75) is 86.7 Å². The van der Waals surface area contributed by atoms with Gasteiger partial charge in [0.2, 0.25) is 5.16 Å². The summed E-state index contributed by atoms with van der Waals surface area (Å²) in [4.78, 5) is 0. The third-order valence-corrected chi connectivity index (χ3v) is 6.31. The van der Waals surface area contributed by atoms with Crippen LogP contribution in [0.1, 0.15) is 70.3 Å². The zero-order valence-electron chi connectivity index (χ0n) is 13.0. The molecular weight excluding hydrogens is 282 g/mol. The lowest BCUT2D eigenvalue weighted by Gasteiger charge is -2.28. The standard InChI is InChI=1S/C15H27N5S/c1-16-13-10-4-2-3-5-11-14(13)21-15-17-18-19-20(15)12-8-6-7-9-12/h12-14,16H,2-11H2,1H3. The largest absolute Gasteiger partial charge is 0.316 e. The van der Waals surface area contributed by atoms with Crippen molar-refractivity contribution >= 4 is 11.8 Å². The van der Waals surface area contributed by atoms with Gasteiger partial charge >= 0.3 is 0 Å². The molecule has 118 valence electrons. The highest BCUT2D eigenvalue weighted by molar-refractivity contribution is 7.99. The average Bonchev–Trinajstić information content (AvgIpc) is 3.13. The number of nitrogens with one attached hydrogen (secondary N) is 1. The van der Waals surface area contributed by atoms with Crippen molar-refractivity contribution in [1.82, 2.24) is 25.5 Å². The normalized spacial score (nSPS) is 28.4. The van der Waals surface area contributed by atoms with Gasteiger partial charge < -0.3 is 5.32 Å². The van der Waals surface area contributed by atoms with Gasteiger partial charge in [0.05, 0.1) is 6.04 Å². The van der Waals surface area contributed by atoms with E-state index in [1.807, 2.05) is 11.8 Å². The summed E-state index contributed by atoms with van der Waals surface area (Å²) in [5, 5.41) is 17.7. The molecule has 2 fully saturated rings. The predicted molar refractivity (Wildman–Crippen MR) is 85.5 cm³/mol. The summed E-state index contributed by atoms with van der Waals surface area (Å²) in [6, 6.07) is 1.12. The number of hydrogen-bond acceptors (Lipinski definition) is 5. The second-order valence-electron chi connectivity index (χ2n) is 6.39. The first kappa shape index (κ1) is 15.3. The maximum atomic E-state index is 4.31. The zero-order valence-corrected chi connectivity index (χ0v) is 13.8. The van der Waals surface area contributed by atoms with E-state index < -0.39 is 0 Å². The van der Waals surface area contributed by atoms with Crippen LogP contribution in [0.2, 0.25) is 0 Å². The Morgan fingerprint density at radius 1 is 1.00 bits per heavy atom. The number of rotatable bonds is 4. The SMILES string of the molecule is CNC1CCCCCCC1Sc1nnnn1C1CCCC1. The molecule has 0 bridgehead atoms. The van der Waals surface area contributed by atoms with E-state index in [0.29, 0.717) is 17.3 Å². The molecule has 0 aromatic carbocycles. The van der Waals surface area contributed by atoms with E-state index >= 15 is 0 Å². The Kier molecular flexibility index (Phi) is 5.52. The molecule has 1 heterocycles. The van der Waals surface area contributed by atoms with Gasteiger partial charge in [0.1, 0.15) is 0 Å². The van der Waals surface area contributed by atoms with Crippen LogP contribution in [0, 0.1) is 0 Å². The molecule has 0 amide bonds. The second kappa shape index (κ2) is 7.58. The van der Waals surface area contributed by atoms with Crippen LogP contribution in [0.4, 0.5) is 0 Å². The predicted octanol–water partition coefficient (Wildman–Crippen LogP) is 3.19. The fourth-order valence-corrected chi connectivity index (χ4v) is 5.07.